The number of nitrogens with one attached hydrogen (secondary N) is 1. The third-order valence-electron chi connectivity index (χ3n) is 5.03. The summed E-state index contributed by atoms with van der Waals surface area (Å²) >= 11 is 0. The number of fused-ring (bicyclic) bond motifs is 1. The molecule has 2 heterocycles. The van der Waals surface area contributed by atoms with Gasteiger partial charge in [-0.1, -0.05) is 0 Å². The summed E-state index contributed by atoms with van der Waals surface area (Å²) in [5, 5.41) is 6.00. The number of hydrogen-bond donors (Lipinski definition) is 2. The first kappa shape index (κ1) is 20.6. The zero-order chi connectivity index (χ0) is 20.3. The van der Waals surface area contributed by atoms with E-state index >= 15 is 0 Å². The van der Waals surface area contributed by atoms with Crippen LogP contribution in [0.5, 0.6) is 11.5 Å². The molecule has 0 spiro atoms. The number of nitrogens with zero attached hydrogens (tertiary/aromatic N) is 3. The van der Waals surface area contributed by atoms with E-state index < -0.39 is 10.2 Å². The van der Waals surface area contributed by atoms with Gasteiger partial charge in [-0.3, -0.25) is 9.88 Å². The Morgan fingerprint density at radius 3 is 2.61 bits per heavy atom. The minimum absolute atomic E-state index is 0.263. The minimum atomic E-state index is -3.65. The highest BCUT2D eigenvalue weighted by atomic mass is 32.2. The number of pyridine rings is 1. The molecule has 10 heteroatoms. The summed E-state index contributed by atoms with van der Waals surface area (Å²) in [6.45, 7) is 5.53. The van der Waals surface area contributed by atoms with Gasteiger partial charge in [-0.15, -0.1) is 0 Å². The molecule has 154 valence electrons. The molecule has 28 heavy (non-hydrogen) atoms. The number of hydrogen-bond acceptors (Lipinski definition) is 7. The maximum Gasteiger partial charge on any atom is 0.274 e. The fourth-order valence-corrected chi connectivity index (χ4v) is 3.99. The molecule has 0 unspecified atom stereocenters. The van der Waals surface area contributed by atoms with E-state index in [4.69, 9.17) is 14.6 Å². The molecular formula is C18H27N5O4S. The number of piperazine rings is 1. The molecule has 3 rings (SSSR count). The molecule has 0 bridgehead atoms. The molecule has 0 aliphatic carbocycles. The Labute approximate surface area is 165 Å². The summed E-state index contributed by atoms with van der Waals surface area (Å²) in [4.78, 5) is 9.04. The number of aromatic nitrogens is 1. The molecule has 1 fully saturated rings. The highest BCUT2D eigenvalue weighted by molar-refractivity contribution is 7.87. The quantitative estimate of drug-likeness (QED) is 0.687. The zero-order valence-corrected chi connectivity index (χ0v) is 17.2. The van der Waals surface area contributed by atoms with Gasteiger partial charge in [-0.25, -0.2) is 9.86 Å². The predicted octanol–water partition coefficient (Wildman–Crippen LogP) is 0.556. The van der Waals surface area contributed by atoms with Crippen molar-refractivity contribution in [3.63, 3.8) is 0 Å². The van der Waals surface area contributed by atoms with Crippen LogP contribution in [0.1, 0.15) is 6.92 Å². The number of benzene rings is 1. The van der Waals surface area contributed by atoms with Crippen LogP contribution >= 0.6 is 0 Å². The summed E-state index contributed by atoms with van der Waals surface area (Å²) in [6, 6.07) is 6.12. The maximum atomic E-state index is 11.0. The summed E-state index contributed by atoms with van der Waals surface area (Å²) in [6.07, 6.45) is 1.80. The fourth-order valence-electron chi connectivity index (χ4n) is 3.61. The van der Waals surface area contributed by atoms with E-state index in [-0.39, 0.29) is 6.04 Å². The van der Waals surface area contributed by atoms with Gasteiger partial charge in [0.1, 0.15) is 0 Å². The lowest BCUT2D eigenvalue weighted by atomic mass is 10.1. The van der Waals surface area contributed by atoms with E-state index in [1.165, 1.54) is 0 Å². The SMILES string of the molecule is COc1cc2nccc(N3CCN(CCNS(N)(=O)=O)[C@H](C)C3)c2cc1OC. The van der Waals surface area contributed by atoms with Crippen molar-refractivity contribution in [1.82, 2.24) is 14.6 Å². The standard InChI is InChI=1S/C18H27N5O4S/c1-13-12-23(9-8-22(13)7-6-21-28(19,24)25)16-4-5-20-15-11-18(27-3)17(26-2)10-14(15)16/h4-5,10-11,13,21H,6-9,12H2,1-3H3,(H2,19,24,25)/t13-/m1/s1. The van der Waals surface area contributed by atoms with Crippen LogP contribution in [0.15, 0.2) is 24.4 Å². The van der Waals surface area contributed by atoms with Crippen LogP contribution in [0.3, 0.4) is 0 Å². The van der Waals surface area contributed by atoms with Gasteiger partial charge in [0.15, 0.2) is 11.5 Å². The van der Waals surface area contributed by atoms with Gasteiger partial charge in [0.25, 0.3) is 10.2 Å². The number of methoxy groups -OCH3 is 2. The second-order valence-electron chi connectivity index (χ2n) is 6.82. The lowest BCUT2D eigenvalue weighted by molar-refractivity contribution is 0.193. The summed E-state index contributed by atoms with van der Waals surface area (Å²) in [5.74, 6) is 1.32. The largest absolute Gasteiger partial charge is 0.493 e. The topological polar surface area (TPSA) is 110 Å². The molecule has 1 saturated heterocycles. The Morgan fingerprint density at radius 2 is 1.96 bits per heavy atom. The minimum Gasteiger partial charge on any atom is -0.493 e. The molecule has 2 aromatic rings. The average molecular weight is 410 g/mol. The Morgan fingerprint density at radius 1 is 1.25 bits per heavy atom. The summed E-state index contributed by atoms with van der Waals surface area (Å²) in [5.41, 5.74) is 1.95. The number of anilines is 1. The Kier molecular flexibility index (Phi) is 6.23. The van der Waals surface area contributed by atoms with Crippen LogP contribution in [-0.2, 0) is 10.2 Å². The molecule has 9 nitrogen and oxygen atoms in total. The molecule has 0 amide bonds. The molecule has 0 radical (unpaired) electrons. The Bertz CT molecular complexity index is 937. The van der Waals surface area contributed by atoms with E-state index in [0.717, 1.165) is 36.2 Å². The van der Waals surface area contributed by atoms with Crippen molar-refractivity contribution >= 4 is 26.8 Å². The highest BCUT2D eigenvalue weighted by Gasteiger charge is 2.25. The van der Waals surface area contributed by atoms with E-state index in [1.54, 1.807) is 20.4 Å². The first-order chi connectivity index (χ1) is 13.3. The molecule has 1 aliphatic heterocycles. The van der Waals surface area contributed by atoms with Crippen molar-refractivity contribution < 1.29 is 17.9 Å². The van der Waals surface area contributed by atoms with E-state index in [0.29, 0.717) is 24.6 Å². The lowest BCUT2D eigenvalue weighted by Gasteiger charge is -2.41. The summed E-state index contributed by atoms with van der Waals surface area (Å²) in [7, 11) is -0.418. The van der Waals surface area contributed by atoms with E-state index in [1.807, 2.05) is 18.2 Å². The van der Waals surface area contributed by atoms with Gasteiger partial charge in [0.05, 0.1) is 19.7 Å². The molecule has 1 aliphatic rings. The van der Waals surface area contributed by atoms with Crippen molar-refractivity contribution in [3.8, 4) is 11.5 Å². The van der Waals surface area contributed by atoms with Gasteiger partial charge >= 0.3 is 0 Å². The van der Waals surface area contributed by atoms with Crippen LogP contribution < -0.4 is 24.2 Å². The van der Waals surface area contributed by atoms with Gasteiger partial charge in [0.2, 0.25) is 0 Å². The van der Waals surface area contributed by atoms with Crippen LogP contribution in [0.2, 0.25) is 0 Å². The van der Waals surface area contributed by atoms with Crippen LogP contribution in [0, 0.1) is 0 Å². The van der Waals surface area contributed by atoms with E-state index in [9.17, 15) is 8.42 Å². The molecule has 0 saturated carbocycles. The van der Waals surface area contributed by atoms with Gasteiger partial charge in [0, 0.05) is 62.1 Å². The van der Waals surface area contributed by atoms with Crippen molar-refractivity contribution in [3.05, 3.63) is 24.4 Å². The smallest absolute Gasteiger partial charge is 0.274 e. The molecule has 1 aromatic carbocycles. The van der Waals surface area contributed by atoms with E-state index in [2.05, 4.69) is 26.4 Å². The Hall–Kier alpha value is -2.14. The first-order valence-corrected chi connectivity index (χ1v) is 10.6. The van der Waals surface area contributed by atoms with Crippen LogP contribution in [-0.4, -0.2) is 71.3 Å². The second-order valence-corrected chi connectivity index (χ2v) is 8.20. The number of rotatable bonds is 7. The lowest BCUT2D eigenvalue weighted by Crippen LogP contribution is -2.53. The predicted molar refractivity (Wildman–Crippen MR) is 109 cm³/mol. The molecular weight excluding hydrogens is 382 g/mol. The summed E-state index contributed by atoms with van der Waals surface area (Å²) < 4.78 is 35.2. The first-order valence-electron chi connectivity index (χ1n) is 9.09. The number of ether oxygens (including phenoxy) is 2. The maximum absolute atomic E-state index is 11.0. The number of nitrogens with two attached hydrogens (primary N) is 1. The molecule has 3 N–H and O–H groups in total. The van der Waals surface area contributed by atoms with Crippen molar-refractivity contribution in [2.75, 3.05) is 51.8 Å². The average Bonchev–Trinajstić information content (AvgIpc) is 2.66. The van der Waals surface area contributed by atoms with Gasteiger partial charge < -0.3 is 14.4 Å². The van der Waals surface area contributed by atoms with Crippen molar-refractivity contribution in [2.24, 2.45) is 5.14 Å². The van der Waals surface area contributed by atoms with Gasteiger partial charge in [-0.2, -0.15) is 8.42 Å². The van der Waals surface area contributed by atoms with Crippen molar-refractivity contribution in [2.45, 2.75) is 13.0 Å². The second kappa shape index (κ2) is 8.48. The van der Waals surface area contributed by atoms with Crippen LogP contribution in [0.4, 0.5) is 5.69 Å². The van der Waals surface area contributed by atoms with Crippen LogP contribution in [0.25, 0.3) is 10.9 Å². The normalized spacial score (nSPS) is 18.4. The third kappa shape index (κ3) is 4.64. The highest BCUT2D eigenvalue weighted by Crippen LogP contribution is 2.36. The van der Waals surface area contributed by atoms with Crippen molar-refractivity contribution in [1.29, 1.82) is 0 Å². The third-order valence-corrected chi connectivity index (χ3v) is 5.64. The zero-order valence-electron chi connectivity index (χ0n) is 16.4. The molecule has 1 atom stereocenters. The van der Waals surface area contributed by atoms with Gasteiger partial charge in [-0.05, 0) is 19.1 Å². The Balaban J connectivity index is 1.77. The fraction of sp³-hybridized carbons (Fsp3) is 0.500. The molecule has 1 aromatic heterocycles. The monoisotopic (exact) mass is 409 g/mol.